The van der Waals surface area contributed by atoms with E-state index >= 15 is 0 Å². The van der Waals surface area contributed by atoms with E-state index < -0.39 is 0 Å². The molecule has 84 valence electrons. The van der Waals surface area contributed by atoms with Crippen LogP contribution in [0.2, 0.25) is 5.02 Å². The number of pyridine rings is 1. The van der Waals surface area contributed by atoms with Crippen LogP contribution < -0.4 is 4.90 Å². The topological polar surface area (TPSA) is 29.0 Å². The third-order valence-corrected chi connectivity index (χ3v) is 3.21. The first-order chi connectivity index (χ1) is 7.65. The van der Waals surface area contributed by atoms with E-state index in [-0.39, 0.29) is 0 Å². The summed E-state index contributed by atoms with van der Waals surface area (Å²) in [6, 6.07) is 3.74. The van der Waals surface area contributed by atoms with Gasteiger partial charge in [0.1, 0.15) is 5.82 Å². The molecule has 3 nitrogen and oxygen atoms in total. The highest BCUT2D eigenvalue weighted by Gasteiger charge is 2.05. The van der Waals surface area contributed by atoms with Crippen molar-refractivity contribution in [3.63, 3.8) is 0 Å². The Bertz CT molecular complexity index is 466. The van der Waals surface area contributed by atoms with Gasteiger partial charge in [0.15, 0.2) is 0 Å². The largest absolute Gasteiger partial charge is 0.354 e. The van der Waals surface area contributed by atoms with E-state index in [1.807, 2.05) is 31.0 Å². The fourth-order valence-corrected chi connectivity index (χ4v) is 2.11. The SMILES string of the molecule is Cc1nc(CN(C)c2ccc(Cl)cn2)cs1. The Balaban J connectivity index is 2.08. The van der Waals surface area contributed by atoms with Crippen molar-refractivity contribution in [1.29, 1.82) is 0 Å². The summed E-state index contributed by atoms with van der Waals surface area (Å²) in [5.74, 6) is 0.898. The highest BCUT2D eigenvalue weighted by atomic mass is 35.5. The predicted octanol–water partition coefficient (Wildman–Crippen LogP) is 3.14. The number of rotatable bonds is 3. The van der Waals surface area contributed by atoms with Gasteiger partial charge in [-0.3, -0.25) is 0 Å². The van der Waals surface area contributed by atoms with E-state index in [4.69, 9.17) is 11.6 Å². The fourth-order valence-electron chi connectivity index (χ4n) is 1.40. The molecule has 2 rings (SSSR count). The first kappa shape index (κ1) is 11.4. The molecule has 0 bridgehead atoms. The molecule has 0 aromatic carbocycles. The lowest BCUT2D eigenvalue weighted by Gasteiger charge is -2.16. The van der Waals surface area contributed by atoms with Gasteiger partial charge in [-0.25, -0.2) is 9.97 Å². The second-order valence-electron chi connectivity index (χ2n) is 3.55. The van der Waals surface area contributed by atoms with E-state index in [9.17, 15) is 0 Å². The zero-order chi connectivity index (χ0) is 11.5. The number of thiazole rings is 1. The molecule has 0 N–H and O–H groups in total. The summed E-state index contributed by atoms with van der Waals surface area (Å²) in [6.07, 6.45) is 1.65. The maximum absolute atomic E-state index is 5.79. The van der Waals surface area contributed by atoms with Crippen LogP contribution in [0.15, 0.2) is 23.7 Å². The van der Waals surface area contributed by atoms with Gasteiger partial charge in [0, 0.05) is 18.6 Å². The third-order valence-electron chi connectivity index (χ3n) is 2.17. The molecule has 0 aliphatic rings. The highest BCUT2D eigenvalue weighted by Crippen LogP contribution is 2.16. The first-order valence-corrected chi connectivity index (χ1v) is 6.14. The van der Waals surface area contributed by atoms with Crippen molar-refractivity contribution in [2.24, 2.45) is 0 Å². The smallest absolute Gasteiger partial charge is 0.128 e. The Kier molecular flexibility index (Phi) is 3.41. The first-order valence-electron chi connectivity index (χ1n) is 4.89. The van der Waals surface area contributed by atoms with Gasteiger partial charge < -0.3 is 4.90 Å². The summed E-state index contributed by atoms with van der Waals surface area (Å²) in [7, 11) is 1.99. The van der Waals surface area contributed by atoms with Crippen molar-refractivity contribution in [3.05, 3.63) is 39.4 Å². The molecule has 0 spiro atoms. The van der Waals surface area contributed by atoms with Crippen LogP contribution in [0.25, 0.3) is 0 Å². The van der Waals surface area contributed by atoms with Gasteiger partial charge in [0.2, 0.25) is 0 Å². The molecule has 0 fully saturated rings. The molecule has 0 saturated carbocycles. The Hall–Kier alpha value is -1.13. The zero-order valence-corrected chi connectivity index (χ0v) is 10.7. The molecule has 2 aromatic heterocycles. The normalized spacial score (nSPS) is 10.4. The molecule has 16 heavy (non-hydrogen) atoms. The van der Waals surface area contributed by atoms with Gasteiger partial charge in [-0.1, -0.05) is 11.6 Å². The zero-order valence-electron chi connectivity index (χ0n) is 9.14. The van der Waals surface area contributed by atoms with Crippen molar-refractivity contribution < 1.29 is 0 Å². The van der Waals surface area contributed by atoms with E-state index in [1.54, 1.807) is 17.5 Å². The molecular weight excluding hydrogens is 242 g/mol. The van der Waals surface area contributed by atoms with Crippen molar-refractivity contribution in [2.45, 2.75) is 13.5 Å². The van der Waals surface area contributed by atoms with E-state index in [0.717, 1.165) is 23.1 Å². The average molecular weight is 254 g/mol. The van der Waals surface area contributed by atoms with Gasteiger partial charge in [0.05, 0.1) is 22.3 Å². The molecule has 0 aliphatic heterocycles. The monoisotopic (exact) mass is 253 g/mol. The van der Waals surface area contributed by atoms with E-state index in [0.29, 0.717) is 5.02 Å². The van der Waals surface area contributed by atoms with Gasteiger partial charge in [-0.15, -0.1) is 11.3 Å². The molecule has 2 aromatic rings. The van der Waals surface area contributed by atoms with Crippen LogP contribution in [0.1, 0.15) is 10.7 Å². The van der Waals surface area contributed by atoms with Crippen LogP contribution in [-0.4, -0.2) is 17.0 Å². The minimum absolute atomic E-state index is 0.654. The molecule has 0 amide bonds. The lowest BCUT2D eigenvalue weighted by Crippen LogP contribution is -2.17. The fraction of sp³-hybridized carbons (Fsp3) is 0.273. The maximum atomic E-state index is 5.79. The number of hydrogen-bond donors (Lipinski definition) is 0. The van der Waals surface area contributed by atoms with Crippen LogP contribution in [0, 0.1) is 6.92 Å². The minimum atomic E-state index is 0.654. The Morgan fingerprint density at radius 3 is 2.81 bits per heavy atom. The summed E-state index contributed by atoms with van der Waals surface area (Å²) in [4.78, 5) is 10.7. The van der Waals surface area contributed by atoms with Crippen LogP contribution in [0.5, 0.6) is 0 Å². The summed E-state index contributed by atoms with van der Waals surface area (Å²) in [6.45, 7) is 2.77. The highest BCUT2D eigenvalue weighted by molar-refractivity contribution is 7.09. The number of anilines is 1. The predicted molar refractivity (Wildman–Crippen MR) is 68.2 cm³/mol. The molecule has 0 unspecified atom stereocenters. The Morgan fingerprint density at radius 2 is 2.25 bits per heavy atom. The van der Waals surface area contributed by atoms with Crippen LogP contribution in [0.3, 0.4) is 0 Å². The van der Waals surface area contributed by atoms with Gasteiger partial charge in [-0.05, 0) is 19.1 Å². The lowest BCUT2D eigenvalue weighted by molar-refractivity contribution is 0.870. The average Bonchev–Trinajstić information content (AvgIpc) is 2.65. The van der Waals surface area contributed by atoms with Crippen molar-refractivity contribution in [3.8, 4) is 0 Å². The van der Waals surface area contributed by atoms with Crippen molar-refractivity contribution in [1.82, 2.24) is 9.97 Å². The summed E-state index contributed by atoms with van der Waals surface area (Å²) in [5, 5.41) is 3.82. The molecule has 0 aliphatic carbocycles. The van der Waals surface area contributed by atoms with Gasteiger partial charge in [-0.2, -0.15) is 0 Å². The van der Waals surface area contributed by atoms with E-state index in [1.165, 1.54) is 0 Å². The number of hydrogen-bond acceptors (Lipinski definition) is 4. The summed E-state index contributed by atoms with van der Waals surface area (Å²) < 4.78 is 0. The molecular formula is C11H12ClN3S. The second kappa shape index (κ2) is 4.80. The quantitative estimate of drug-likeness (QED) is 0.842. The number of halogens is 1. The number of aryl methyl sites for hydroxylation is 1. The lowest BCUT2D eigenvalue weighted by atomic mass is 10.4. The molecule has 0 radical (unpaired) electrons. The van der Waals surface area contributed by atoms with Crippen LogP contribution in [-0.2, 0) is 6.54 Å². The standard InChI is InChI=1S/C11H12ClN3S/c1-8-14-10(7-16-8)6-15(2)11-4-3-9(12)5-13-11/h3-5,7H,6H2,1-2H3. The maximum Gasteiger partial charge on any atom is 0.128 e. The van der Waals surface area contributed by atoms with Gasteiger partial charge in [0.25, 0.3) is 0 Å². The van der Waals surface area contributed by atoms with Gasteiger partial charge >= 0.3 is 0 Å². The summed E-state index contributed by atoms with van der Waals surface area (Å²) >= 11 is 7.45. The molecule has 5 heteroatoms. The number of aromatic nitrogens is 2. The summed E-state index contributed by atoms with van der Waals surface area (Å²) in [5.41, 5.74) is 1.07. The van der Waals surface area contributed by atoms with E-state index in [2.05, 4.69) is 15.3 Å². The van der Waals surface area contributed by atoms with Crippen LogP contribution in [0.4, 0.5) is 5.82 Å². The van der Waals surface area contributed by atoms with Crippen molar-refractivity contribution in [2.75, 3.05) is 11.9 Å². The third kappa shape index (κ3) is 2.71. The van der Waals surface area contributed by atoms with Crippen molar-refractivity contribution >= 4 is 28.8 Å². The Labute approximate surface area is 104 Å². The number of nitrogens with zero attached hydrogens (tertiary/aromatic N) is 3. The molecule has 0 saturated heterocycles. The Morgan fingerprint density at radius 1 is 1.44 bits per heavy atom. The van der Waals surface area contributed by atoms with Crippen LogP contribution >= 0.6 is 22.9 Å². The second-order valence-corrected chi connectivity index (χ2v) is 5.05. The molecule has 2 heterocycles. The minimum Gasteiger partial charge on any atom is -0.354 e. The molecule has 0 atom stereocenters.